The van der Waals surface area contributed by atoms with Gasteiger partial charge in [0.1, 0.15) is 12.6 Å². The van der Waals surface area contributed by atoms with Crippen LogP contribution in [0.2, 0.25) is 0 Å². The highest BCUT2D eigenvalue weighted by Gasteiger charge is 2.41. The number of aliphatic carboxylic acids is 1. The van der Waals surface area contributed by atoms with Crippen molar-refractivity contribution in [2.75, 3.05) is 13.7 Å². The molecule has 6 nitrogen and oxygen atoms in total. The first-order valence-electron chi connectivity index (χ1n) is 5.03. The summed E-state index contributed by atoms with van der Waals surface area (Å²) in [6.45, 7) is 1.63. The second-order valence-electron chi connectivity index (χ2n) is 3.81. The largest absolute Gasteiger partial charge is 0.479 e. The number of aryl methyl sites for hydroxylation is 1. The van der Waals surface area contributed by atoms with Crippen molar-refractivity contribution >= 4 is 23.2 Å². The van der Waals surface area contributed by atoms with E-state index in [2.05, 4.69) is 4.98 Å². The molecule has 0 radical (unpaired) electrons. The molecule has 1 fully saturated rings. The number of amides is 1. The van der Waals surface area contributed by atoms with Crippen LogP contribution in [0.25, 0.3) is 0 Å². The summed E-state index contributed by atoms with van der Waals surface area (Å²) in [5, 5.41) is 11.7. The Bertz CT molecular complexity index is 459. The molecule has 0 aliphatic carbocycles. The van der Waals surface area contributed by atoms with E-state index in [0.717, 1.165) is 5.01 Å². The van der Waals surface area contributed by atoms with Crippen molar-refractivity contribution in [2.45, 2.75) is 19.1 Å². The average Bonchev–Trinajstić information content (AvgIpc) is 2.68. The summed E-state index contributed by atoms with van der Waals surface area (Å²) in [4.78, 5) is 28.3. The van der Waals surface area contributed by atoms with Gasteiger partial charge in [0.05, 0.1) is 10.7 Å². The van der Waals surface area contributed by atoms with E-state index in [1.807, 2.05) is 6.92 Å². The summed E-state index contributed by atoms with van der Waals surface area (Å²) in [6, 6.07) is -0.654. The smallest absolute Gasteiger partial charge is 0.335 e. The molecule has 0 saturated carbocycles. The fourth-order valence-electron chi connectivity index (χ4n) is 1.79. The lowest BCUT2D eigenvalue weighted by Gasteiger charge is -2.35. The normalized spacial score (nSPS) is 25.1. The molecule has 92 valence electrons. The van der Waals surface area contributed by atoms with E-state index >= 15 is 0 Å². The van der Waals surface area contributed by atoms with Gasteiger partial charge in [0, 0.05) is 12.4 Å². The molecule has 1 saturated heterocycles. The standard InChI is InChI=1S/C10H12N2O4S/c1-5-11-6(4-17-5)8-9(10(14)15)16-3-7(13)12(8)2/h4,8-9H,3H2,1-2H3,(H,14,15). The fourth-order valence-corrected chi connectivity index (χ4v) is 2.43. The number of carboxylic acid groups (broad SMARTS) is 1. The van der Waals surface area contributed by atoms with Crippen LogP contribution in [0.15, 0.2) is 5.38 Å². The first kappa shape index (κ1) is 12.0. The molecule has 1 aliphatic heterocycles. The Morgan fingerprint density at radius 3 is 2.94 bits per heavy atom. The molecule has 7 heteroatoms. The van der Waals surface area contributed by atoms with Crippen molar-refractivity contribution in [2.24, 2.45) is 0 Å². The van der Waals surface area contributed by atoms with Crippen molar-refractivity contribution in [3.63, 3.8) is 0 Å². The molecule has 2 rings (SSSR count). The molecule has 1 aromatic rings. The molecular formula is C10H12N2O4S. The quantitative estimate of drug-likeness (QED) is 0.830. The second kappa shape index (κ2) is 4.42. The summed E-state index contributed by atoms with van der Waals surface area (Å²) in [7, 11) is 1.57. The molecule has 17 heavy (non-hydrogen) atoms. The van der Waals surface area contributed by atoms with Crippen LogP contribution in [0.4, 0.5) is 0 Å². The highest BCUT2D eigenvalue weighted by atomic mass is 32.1. The van der Waals surface area contributed by atoms with E-state index in [1.54, 1.807) is 12.4 Å². The van der Waals surface area contributed by atoms with Gasteiger partial charge in [-0.1, -0.05) is 0 Å². The lowest BCUT2D eigenvalue weighted by Crippen LogP contribution is -2.50. The van der Waals surface area contributed by atoms with Gasteiger partial charge in [-0.2, -0.15) is 0 Å². The van der Waals surface area contributed by atoms with E-state index < -0.39 is 18.1 Å². The lowest BCUT2D eigenvalue weighted by atomic mass is 10.1. The lowest BCUT2D eigenvalue weighted by molar-refractivity contribution is -0.171. The topological polar surface area (TPSA) is 79.7 Å². The number of likely N-dealkylation sites (N-methyl/N-ethyl adjacent to an activating group) is 1. The van der Waals surface area contributed by atoms with Crippen molar-refractivity contribution < 1.29 is 19.4 Å². The third-order valence-electron chi connectivity index (χ3n) is 2.67. The third-order valence-corrected chi connectivity index (χ3v) is 3.46. The van der Waals surface area contributed by atoms with Gasteiger partial charge >= 0.3 is 5.97 Å². The van der Waals surface area contributed by atoms with E-state index in [1.165, 1.54) is 16.2 Å². The molecule has 2 atom stereocenters. The van der Waals surface area contributed by atoms with E-state index in [4.69, 9.17) is 9.84 Å². The Balaban J connectivity index is 2.36. The number of aromatic nitrogens is 1. The van der Waals surface area contributed by atoms with Gasteiger partial charge in [-0.15, -0.1) is 11.3 Å². The van der Waals surface area contributed by atoms with Crippen molar-refractivity contribution in [3.8, 4) is 0 Å². The molecule has 0 spiro atoms. The predicted molar refractivity (Wildman–Crippen MR) is 59.7 cm³/mol. The Hall–Kier alpha value is -1.47. The van der Waals surface area contributed by atoms with Crippen LogP contribution < -0.4 is 0 Å². The SMILES string of the molecule is Cc1nc(C2C(C(=O)O)OCC(=O)N2C)cs1. The maximum Gasteiger partial charge on any atom is 0.335 e. The average molecular weight is 256 g/mol. The minimum Gasteiger partial charge on any atom is -0.479 e. The monoisotopic (exact) mass is 256 g/mol. The first-order valence-corrected chi connectivity index (χ1v) is 5.90. The number of ether oxygens (including phenoxy) is 1. The zero-order chi connectivity index (χ0) is 12.6. The highest BCUT2D eigenvalue weighted by Crippen LogP contribution is 2.29. The number of carboxylic acids is 1. The second-order valence-corrected chi connectivity index (χ2v) is 4.87. The minimum atomic E-state index is -1.08. The van der Waals surface area contributed by atoms with Crippen LogP contribution in [0.3, 0.4) is 0 Å². The molecule has 0 bridgehead atoms. The summed E-state index contributed by atoms with van der Waals surface area (Å²) in [5.74, 6) is -1.32. The fraction of sp³-hybridized carbons (Fsp3) is 0.500. The third kappa shape index (κ3) is 2.16. The number of hydrogen-bond acceptors (Lipinski definition) is 5. The predicted octanol–water partition coefficient (Wildman–Crippen LogP) is 0.434. The number of hydrogen-bond donors (Lipinski definition) is 1. The van der Waals surface area contributed by atoms with E-state index in [9.17, 15) is 9.59 Å². The van der Waals surface area contributed by atoms with Gasteiger partial charge in [0.2, 0.25) is 5.91 Å². The number of morpholine rings is 1. The summed E-state index contributed by atoms with van der Waals surface area (Å²) >= 11 is 1.42. The van der Waals surface area contributed by atoms with Crippen LogP contribution >= 0.6 is 11.3 Å². The molecule has 2 heterocycles. The van der Waals surface area contributed by atoms with Gasteiger partial charge in [0.25, 0.3) is 0 Å². The van der Waals surface area contributed by atoms with Crippen LogP contribution in [-0.2, 0) is 14.3 Å². The highest BCUT2D eigenvalue weighted by molar-refractivity contribution is 7.09. The zero-order valence-electron chi connectivity index (χ0n) is 9.41. The van der Waals surface area contributed by atoms with Crippen LogP contribution in [0.5, 0.6) is 0 Å². The van der Waals surface area contributed by atoms with Crippen LogP contribution in [0.1, 0.15) is 16.7 Å². The number of thiazole rings is 1. The van der Waals surface area contributed by atoms with Gasteiger partial charge in [-0.3, -0.25) is 4.79 Å². The van der Waals surface area contributed by atoms with E-state index in [-0.39, 0.29) is 12.5 Å². The maximum atomic E-state index is 11.5. The zero-order valence-corrected chi connectivity index (χ0v) is 10.2. The molecule has 2 unspecified atom stereocenters. The van der Waals surface area contributed by atoms with E-state index in [0.29, 0.717) is 5.69 Å². The first-order chi connectivity index (χ1) is 8.00. The van der Waals surface area contributed by atoms with Crippen molar-refractivity contribution in [1.29, 1.82) is 0 Å². The molecule has 1 N–H and O–H groups in total. The van der Waals surface area contributed by atoms with Gasteiger partial charge in [-0.25, -0.2) is 9.78 Å². The Morgan fingerprint density at radius 1 is 1.71 bits per heavy atom. The maximum absolute atomic E-state index is 11.5. The molecule has 1 amide bonds. The number of nitrogens with zero attached hydrogens (tertiary/aromatic N) is 2. The van der Waals surface area contributed by atoms with Crippen LogP contribution in [-0.4, -0.2) is 46.6 Å². The number of carbonyl (C=O) groups excluding carboxylic acids is 1. The van der Waals surface area contributed by atoms with Crippen molar-refractivity contribution in [3.05, 3.63) is 16.1 Å². The van der Waals surface area contributed by atoms with Gasteiger partial charge in [0.15, 0.2) is 6.10 Å². The minimum absolute atomic E-state index is 0.201. The van der Waals surface area contributed by atoms with Gasteiger partial charge in [-0.05, 0) is 6.92 Å². The molecule has 0 aromatic carbocycles. The Morgan fingerprint density at radius 2 is 2.41 bits per heavy atom. The Labute approximate surface area is 102 Å². The summed E-state index contributed by atoms with van der Waals surface area (Å²) < 4.78 is 5.07. The van der Waals surface area contributed by atoms with Gasteiger partial charge < -0.3 is 14.7 Å². The summed E-state index contributed by atoms with van der Waals surface area (Å²) in [5.41, 5.74) is 0.565. The Kier molecular flexibility index (Phi) is 3.12. The number of rotatable bonds is 2. The molecule has 1 aromatic heterocycles. The van der Waals surface area contributed by atoms with Crippen molar-refractivity contribution in [1.82, 2.24) is 9.88 Å². The van der Waals surface area contributed by atoms with Crippen LogP contribution in [0, 0.1) is 6.92 Å². The summed E-state index contributed by atoms with van der Waals surface area (Å²) in [6.07, 6.45) is -1.06. The molecule has 1 aliphatic rings. The molecular weight excluding hydrogens is 244 g/mol. The number of carbonyl (C=O) groups is 2.